The molecular formula is C24H18N6O2. The lowest BCUT2D eigenvalue weighted by molar-refractivity contribution is 0.103. The van der Waals surface area contributed by atoms with Gasteiger partial charge >= 0.3 is 0 Å². The number of hydrogen-bond donors (Lipinski definition) is 1. The van der Waals surface area contributed by atoms with Crippen LogP contribution in [0.5, 0.6) is 5.75 Å². The van der Waals surface area contributed by atoms with Gasteiger partial charge in [0.2, 0.25) is 5.78 Å². The number of nitrogens with zero attached hydrogens (tertiary/aromatic N) is 6. The third kappa shape index (κ3) is 3.93. The van der Waals surface area contributed by atoms with Crippen LogP contribution in [0.3, 0.4) is 0 Å². The van der Waals surface area contributed by atoms with Crippen LogP contribution in [-0.2, 0) is 13.0 Å². The van der Waals surface area contributed by atoms with Gasteiger partial charge in [0.25, 0.3) is 0 Å². The molecule has 156 valence electrons. The van der Waals surface area contributed by atoms with Crippen LogP contribution in [0.2, 0.25) is 0 Å². The first kappa shape index (κ1) is 19.5. The summed E-state index contributed by atoms with van der Waals surface area (Å²) in [4.78, 5) is 21.8. The number of fused-ring (bicyclic) bond motifs is 1. The van der Waals surface area contributed by atoms with Gasteiger partial charge in [-0.25, -0.2) is 9.67 Å². The molecule has 2 aromatic carbocycles. The quantitative estimate of drug-likeness (QED) is 0.419. The smallest absolute Gasteiger partial charge is 0.215 e. The van der Waals surface area contributed by atoms with Gasteiger partial charge in [0, 0.05) is 23.3 Å². The molecule has 0 unspecified atom stereocenters. The number of tetrazole rings is 1. The Labute approximate surface area is 183 Å². The fourth-order valence-electron chi connectivity index (χ4n) is 3.69. The van der Waals surface area contributed by atoms with E-state index in [9.17, 15) is 9.90 Å². The van der Waals surface area contributed by atoms with E-state index in [1.165, 1.54) is 6.33 Å². The van der Waals surface area contributed by atoms with Crippen LogP contribution in [0.15, 0.2) is 79.4 Å². The number of hydrogen-bond acceptors (Lipinski definition) is 7. The minimum absolute atomic E-state index is 0.0265. The van der Waals surface area contributed by atoms with Gasteiger partial charge in [0.05, 0.1) is 6.54 Å². The normalized spacial score (nSPS) is 11.0. The lowest BCUT2D eigenvalue weighted by Crippen LogP contribution is -2.09. The van der Waals surface area contributed by atoms with Crippen molar-refractivity contribution in [1.82, 2.24) is 30.2 Å². The van der Waals surface area contributed by atoms with E-state index in [1.54, 1.807) is 35.3 Å². The first-order valence-electron chi connectivity index (χ1n) is 10.0. The predicted molar refractivity (Wildman–Crippen MR) is 117 cm³/mol. The molecule has 0 amide bonds. The molecule has 5 rings (SSSR count). The topological polar surface area (TPSA) is 107 Å². The second-order valence-electron chi connectivity index (χ2n) is 7.43. The number of aromatic hydroxyl groups is 1. The minimum Gasteiger partial charge on any atom is -0.504 e. The summed E-state index contributed by atoms with van der Waals surface area (Å²) in [5.41, 5.74) is 3.71. The number of ketones is 1. The first-order valence-corrected chi connectivity index (χ1v) is 10.0. The minimum atomic E-state index is -0.372. The number of aromatic nitrogens is 6. The van der Waals surface area contributed by atoms with Crippen molar-refractivity contribution >= 4 is 16.7 Å². The van der Waals surface area contributed by atoms with Crippen molar-refractivity contribution in [3.05, 3.63) is 107 Å². The number of carbonyl (C=O) groups is 1. The molecule has 8 nitrogen and oxygen atoms in total. The van der Waals surface area contributed by atoms with E-state index < -0.39 is 0 Å². The summed E-state index contributed by atoms with van der Waals surface area (Å²) in [7, 11) is 0. The van der Waals surface area contributed by atoms with Crippen molar-refractivity contribution in [1.29, 1.82) is 0 Å². The monoisotopic (exact) mass is 422 g/mol. The highest BCUT2D eigenvalue weighted by atomic mass is 16.3. The Morgan fingerprint density at radius 3 is 2.59 bits per heavy atom. The molecule has 0 saturated carbocycles. The van der Waals surface area contributed by atoms with Crippen molar-refractivity contribution in [2.75, 3.05) is 0 Å². The third-order valence-corrected chi connectivity index (χ3v) is 5.14. The summed E-state index contributed by atoms with van der Waals surface area (Å²) in [6, 6.07) is 19.2. The molecule has 0 spiro atoms. The maximum absolute atomic E-state index is 13.4. The van der Waals surface area contributed by atoms with Gasteiger partial charge in [-0.2, -0.15) is 0 Å². The average molecular weight is 422 g/mol. The van der Waals surface area contributed by atoms with Gasteiger partial charge in [-0.05, 0) is 57.8 Å². The zero-order chi connectivity index (χ0) is 21.9. The molecule has 8 heteroatoms. The van der Waals surface area contributed by atoms with Crippen LogP contribution in [-0.4, -0.2) is 41.1 Å². The summed E-state index contributed by atoms with van der Waals surface area (Å²) < 4.78 is 1.59. The van der Waals surface area contributed by atoms with Gasteiger partial charge < -0.3 is 5.11 Å². The van der Waals surface area contributed by atoms with E-state index in [0.29, 0.717) is 29.4 Å². The van der Waals surface area contributed by atoms with E-state index in [2.05, 4.69) is 25.5 Å². The average Bonchev–Trinajstić information content (AvgIpc) is 3.33. The van der Waals surface area contributed by atoms with Crippen molar-refractivity contribution in [3.8, 4) is 5.75 Å². The van der Waals surface area contributed by atoms with Crippen molar-refractivity contribution < 1.29 is 9.90 Å². The Morgan fingerprint density at radius 2 is 1.78 bits per heavy atom. The molecular weight excluding hydrogens is 404 g/mol. The molecule has 3 heterocycles. The molecule has 5 aromatic rings. The highest BCUT2D eigenvalue weighted by molar-refractivity contribution is 6.11. The van der Waals surface area contributed by atoms with Crippen LogP contribution in [0.4, 0.5) is 0 Å². The Hall–Kier alpha value is -4.46. The highest BCUT2D eigenvalue weighted by Gasteiger charge is 2.19. The van der Waals surface area contributed by atoms with Crippen LogP contribution < -0.4 is 0 Å². The van der Waals surface area contributed by atoms with E-state index in [1.807, 2.05) is 42.5 Å². The largest absolute Gasteiger partial charge is 0.504 e. The summed E-state index contributed by atoms with van der Waals surface area (Å²) >= 11 is 0. The molecule has 1 N–H and O–H groups in total. The fraction of sp³-hybridized carbons (Fsp3) is 0.0833. The molecule has 0 saturated heterocycles. The van der Waals surface area contributed by atoms with Crippen molar-refractivity contribution in [2.24, 2.45) is 0 Å². The Kier molecular flexibility index (Phi) is 5.09. The lowest BCUT2D eigenvalue weighted by atomic mass is 9.96. The zero-order valence-electron chi connectivity index (χ0n) is 17.0. The molecule has 0 fully saturated rings. The van der Waals surface area contributed by atoms with E-state index in [0.717, 1.165) is 16.7 Å². The van der Waals surface area contributed by atoms with Crippen LogP contribution in [0.1, 0.15) is 32.7 Å². The molecule has 0 radical (unpaired) electrons. The maximum atomic E-state index is 13.4. The molecule has 0 bridgehead atoms. The highest BCUT2D eigenvalue weighted by Crippen LogP contribution is 2.27. The molecule has 32 heavy (non-hydrogen) atoms. The van der Waals surface area contributed by atoms with Gasteiger partial charge in [0.15, 0.2) is 11.4 Å². The van der Waals surface area contributed by atoms with E-state index >= 15 is 0 Å². The summed E-state index contributed by atoms with van der Waals surface area (Å²) in [5.74, 6) is -0.591. The SMILES string of the molecule is O=C(c1cc(Cc2ccccc2)cc(Cn2cnnn2)c1)c1ncc2cccnc2c1O. The van der Waals surface area contributed by atoms with Crippen molar-refractivity contribution in [3.63, 3.8) is 0 Å². The van der Waals surface area contributed by atoms with Gasteiger partial charge in [-0.15, -0.1) is 5.10 Å². The maximum Gasteiger partial charge on any atom is 0.215 e. The second kappa shape index (κ2) is 8.35. The van der Waals surface area contributed by atoms with Gasteiger partial charge in [0.1, 0.15) is 11.8 Å². The molecule has 0 aliphatic rings. The standard InChI is InChI=1S/C24H18N6O2/c31-23(22-24(32)21-19(13-26-22)7-4-8-25-21)20-11-17(9-16-5-2-1-3-6-16)10-18(12-20)14-30-15-27-28-29-30/h1-8,10-13,15,32H,9,14H2. The molecule has 0 aliphatic carbocycles. The van der Waals surface area contributed by atoms with Gasteiger partial charge in [-0.3, -0.25) is 9.78 Å². The summed E-state index contributed by atoms with van der Waals surface area (Å²) in [6.07, 6.45) is 5.29. The predicted octanol–water partition coefficient (Wildman–Crippen LogP) is 3.19. The van der Waals surface area contributed by atoms with Crippen LogP contribution >= 0.6 is 0 Å². The third-order valence-electron chi connectivity index (χ3n) is 5.14. The summed E-state index contributed by atoms with van der Waals surface area (Å²) in [6.45, 7) is 0.411. The Morgan fingerprint density at radius 1 is 0.938 bits per heavy atom. The molecule has 0 aliphatic heterocycles. The van der Waals surface area contributed by atoms with Crippen LogP contribution in [0.25, 0.3) is 10.9 Å². The van der Waals surface area contributed by atoms with Crippen LogP contribution in [0, 0.1) is 0 Å². The molecule has 3 aromatic heterocycles. The number of benzene rings is 2. The second-order valence-corrected chi connectivity index (χ2v) is 7.43. The Balaban J connectivity index is 1.56. The van der Waals surface area contributed by atoms with Gasteiger partial charge in [-0.1, -0.05) is 36.4 Å². The van der Waals surface area contributed by atoms with E-state index in [-0.39, 0.29) is 17.2 Å². The zero-order valence-corrected chi connectivity index (χ0v) is 17.0. The lowest BCUT2D eigenvalue weighted by Gasteiger charge is -2.11. The summed E-state index contributed by atoms with van der Waals surface area (Å²) in [5, 5.41) is 22.6. The Bertz CT molecular complexity index is 1400. The fourth-order valence-corrected chi connectivity index (χ4v) is 3.69. The number of carbonyl (C=O) groups excluding carboxylic acids is 1. The van der Waals surface area contributed by atoms with E-state index in [4.69, 9.17) is 0 Å². The first-order chi connectivity index (χ1) is 15.7. The van der Waals surface area contributed by atoms with Crippen molar-refractivity contribution in [2.45, 2.75) is 13.0 Å². The molecule has 0 atom stereocenters. The number of pyridine rings is 2. The number of rotatable bonds is 6.